The van der Waals surface area contributed by atoms with Gasteiger partial charge in [-0.2, -0.15) is 10.1 Å². The maximum absolute atomic E-state index is 12.3. The van der Waals surface area contributed by atoms with Crippen molar-refractivity contribution < 1.29 is 4.79 Å². The maximum Gasteiger partial charge on any atom is 0.252 e. The number of nitrogens with one attached hydrogen (secondary N) is 1. The number of carbonyl (C=O) groups excluding carboxylic acids is 1. The van der Waals surface area contributed by atoms with Crippen molar-refractivity contribution in [3.8, 4) is 0 Å². The average Bonchev–Trinajstić information content (AvgIpc) is 3.22. The largest absolute Gasteiger partial charge is 0.352 e. The summed E-state index contributed by atoms with van der Waals surface area (Å²) in [4.78, 5) is 24.9. The summed E-state index contributed by atoms with van der Waals surface area (Å²) in [6.45, 7) is 2.57. The first-order valence-corrected chi connectivity index (χ1v) is 8.80. The molecule has 0 atom stereocenters. The fourth-order valence-corrected chi connectivity index (χ4v) is 3.53. The third-order valence-corrected chi connectivity index (χ3v) is 4.81. The molecule has 0 fully saturated rings. The highest BCUT2D eigenvalue weighted by Crippen LogP contribution is 2.22. The zero-order chi connectivity index (χ0) is 17.2. The van der Waals surface area contributed by atoms with Gasteiger partial charge in [-0.3, -0.25) is 4.79 Å². The van der Waals surface area contributed by atoms with Crippen molar-refractivity contribution >= 4 is 33.2 Å². The Hall–Kier alpha value is -2.87. The normalized spacial score (nSPS) is 11.2. The third-order valence-electron chi connectivity index (χ3n) is 3.87. The highest BCUT2D eigenvalue weighted by atomic mass is 32.1. The Morgan fingerprint density at radius 3 is 3.16 bits per heavy atom. The second kappa shape index (κ2) is 6.56. The number of fused-ring (bicyclic) bond motifs is 2. The van der Waals surface area contributed by atoms with E-state index in [2.05, 4.69) is 25.4 Å². The molecule has 0 unspecified atom stereocenters. The molecule has 8 heteroatoms. The van der Waals surface area contributed by atoms with Crippen LogP contribution in [0.15, 0.2) is 36.9 Å². The molecule has 1 aromatic carbocycles. The Bertz CT molecular complexity index is 1050. The topological polar surface area (TPSA) is 85.1 Å². The number of aromatic nitrogens is 5. The van der Waals surface area contributed by atoms with Crippen LogP contribution in [-0.2, 0) is 6.42 Å². The number of nitrogens with zero attached hydrogens (tertiary/aromatic N) is 5. The standard InChI is InChI=1S/C17H16N6OS/c1-11-22-14-5-4-13(7-15(14)25-11)16(24)18-6-2-3-12-8-19-17-20-10-21-23(17)9-12/h4-5,7-10H,2-3,6H2,1H3,(H,18,24). The van der Waals surface area contributed by atoms with Gasteiger partial charge in [0.1, 0.15) is 6.33 Å². The molecule has 4 aromatic rings. The fraction of sp³-hybridized carbons (Fsp3) is 0.235. The first-order chi connectivity index (χ1) is 12.2. The number of aryl methyl sites for hydroxylation is 2. The van der Waals surface area contributed by atoms with Gasteiger partial charge in [0.05, 0.1) is 15.2 Å². The summed E-state index contributed by atoms with van der Waals surface area (Å²) in [6, 6.07) is 5.62. The molecule has 7 nitrogen and oxygen atoms in total. The molecule has 3 heterocycles. The highest BCUT2D eigenvalue weighted by Gasteiger charge is 2.08. The summed E-state index contributed by atoms with van der Waals surface area (Å²) < 4.78 is 2.69. The minimum absolute atomic E-state index is 0.0576. The van der Waals surface area contributed by atoms with Crippen LogP contribution in [0.1, 0.15) is 27.3 Å². The zero-order valence-corrected chi connectivity index (χ0v) is 14.5. The van der Waals surface area contributed by atoms with E-state index in [1.54, 1.807) is 22.0 Å². The van der Waals surface area contributed by atoms with E-state index in [1.165, 1.54) is 6.33 Å². The predicted molar refractivity (Wildman–Crippen MR) is 95.8 cm³/mol. The monoisotopic (exact) mass is 352 g/mol. The van der Waals surface area contributed by atoms with E-state index in [0.29, 0.717) is 17.9 Å². The molecule has 0 spiro atoms. The zero-order valence-electron chi connectivity index (χ0n) is 13.6. The van der Waals surface area contributed by atoms with Crippen molar-refractivity contribution in [2.75, 3.05) is 6.54 Å². The molecule has 0 aliphatic carbocycles. The van der Waals surface area contributed by atoms with Crippen molar-refractivity contribution in [3.05, 3.63) is 53.1 Å². The minimum Gasteiger partial charge on any atom is -0.352 e. The van der Waals surface area contributed by atoms with Crippen molar-refractivity contribution in [2.45, 2.75) is 19.8 Å². The molecule has 0 aliphatic rings. The SMILES string of the molecule is Cc1nc2ccc(C(=O)NCCCc3cnc4ncnn4c3)cc2s1. The number of rotatable bonds is 5. The first-order valence-electron chi connectivity index (χ1n) is 7.99. The van der Waals surface area contributed by atoms with Crippen LogP contribution in [0.2, 0.25) is 0 Å². The lowest BCUT2D eigenvalue weighted by Crippen LogP contribution is -2.24. The lowest BCUT2D eigenvalue weighted by atomic mass is 10.1. The Balaban J connectivity index is 1.33. The molecule has 25 heavy (non-hydrogen) atoms. The van der Waals surface area contributed by atoms with Gasteiger partial charge in [0.25, 0.3) is 11.7 Å². The van der Waals surface area contributed by atoms with Crippen molar-refractivity contribution in [1.82, 2.24) is 29.9 Å². The summed E-state index contributed by atoms with van der Waals surface area (Å²) in [6.07, 6.45) is 6.84. The van der Waals surface area contributed by atoms with Crippen LogP contribution >= 0.6 is 11.3 Å². The van der Waals surface area contributed by atoms with Crippen LogP contribution in [0.25, 0.3) is 16.0 Å². The van der Waals surface area contributed by atoms with Gasteiger partial charge in [0.2, 0.25) is 0 Å². The van der Waals surface area contributed by atoms with Gasteiger partial charge < -0.3 is 5.32 Å². The molecule has 4 rings (SSSR count). The van der Waals surface area contributed by atoms with Gasteiger partial charge >= 0.3 is 0 Å². The van der Waals surface area contributed by atoms with E-state index in [0.717, 1.165) is 33.6 Å². The van der Waals surface area contributed by atoms with E-state index < -0.39 is 0 Å². The average molecular weight is 352 g/mol. The molecular weight excluding hydrogens is 336 g/mol. The minimum atomic E-state index is -0.0576. The summed E-state index contributed by atoms with van der Waals surface area (Å²) in [5, 5.41) is 8.04. The maximum atomic E-state index is 12.3. The van der Waals surface area contributed by atoms with E-state index in [1.807, 2.05) is 31.3 Å². The van der Waals surface area contributed by atoms with Crippen LogP contribution < -0.4 is 5.32 Å². The van der Waals surface area contributed by atoms with Crippen LogP contribution in [0.3, 0.4) is 0 Å². The van der Waals surface area contributed by atoms with Crippen molar-refractivity contribution in [2.24, 2.45) is 0 Å². The molecule has 0 saturated carbocycles. The van der Waals surface area contributed by atoms with E-state index in [-0.39, 0.29) is 5.91 Å². The summed E-state index contributed by atoms with van der Waals surface area (Å²) >= 11 is 1.60. The predicted octanol–water partition coefficient (Wildman–Crippen LogP) is 2.41. The molecule has 1 N–H and O–H groups in total. The highest BCUT2D eigenvalue weighted by molar-refractivity contribution is 7.18. The van der Waals surface area contributed by atoms with E-state index >= 15 is 0 Å². The second-order valence-corrected chi connectivity index (χ2v) is 6.98. The number of carbonyl (C=O) groups is 1. The molecule has 0 radical (unpaired) electrons. The van der Waals surface area contributed by atoms with Crippen LogP contribution in [0.5, 0.6) is 0 Å². The smallest absolute Gasteiger partial charge is 0.252 e. The number of benzene rings is 1. The third kappa shape index (κ3) is 3.34. The molecule has 3 aromatic heterocycles. The van der Waals surface area contributed by atoms with Gasteiger partial charge in [0.15, 0.2) is 0 Å². The summed E-state index contributed by atoms with van der Waals surface area (Å²) in [7, 11) is 0. The van der Waals surface area contributed by atoms with Gasteiger partial charge in [-0.05, 0) is 43.5 Å². The Kier molecular flexibility index (Phi) is 4.10. The molecule has 0 bridgehead atoms. The van der Waals surface area contributed by atoms with Gasteiger partial charge in [-0.1, -0.05) is 0 Å². The van der Waals surface area contributed by atoms with Gasteiger partial charge in [-0.25, -0.2) is 14.5 Å². The summed E-state index contributed by atoms with van der Waals surface area (Å²) in [5.41, 5.74) is 2.67. The van der Waals surface area contributed by atoms with E-state index in [4.69, 9.17) is 0 Å². The van der Waals surface area contributed by atoms with Crippen LogP contribution in [0, 0.1) is 6.92 Å². The lowest BCUT2D eigenvalue weighted by Gasteiger charge is -2.05. The quantitative estimate of drug-likeness (QED) is 0.558. The van der Waals surface area contributed by atoms with Crippen molar-refractivity contribution in [1.29, 1.82) is 0 Å². The molecule has 0 saturated heterocycles. The number of hydrogen-bond donors (Lipinski definition) is 1. The van der Waals surface area contributed by atoms with Gasteiger partial charge in [0, 0.05) is 24.5 Å². The van der Waals surface area contributed by atoms with Crippen molar-refractivity contribution in [3.63, 3.8) is 0 Å². The molecular formula is C17H16N6OS. The number of hydrogen-bond acceptors (Lipinski definition) is 6. The fourth-order valence-electron chi connectivity index (χ4n) is 2.67. The first kappa shape index (κ1) is 15.6. The van der Waals surface area contributed by atoms with Crippen LogP contribution in [-0.4, -0.2) is 37.0 Å². The van der Waals surface area contributed by atoms with Crippen LogP contribution in [0.4, 0.5) is 0 Å². The molecule has 0 aliphatic heterocycles. The molecule has 126 valence electrons. The lowest BCUT2D eigenvalue weighted by molar-refractivity contribution is 0.0953. The Morgan fingerprint density at radius 1 is 1.32 bits per heavy atom. The Labute approximate surface area is 147 Å². The number of thiazole rings is 1. The summed E-state index contributed by atoms with van der Waals surface area (Å²) in [5.74, 6) is 0.531. The van der Waals surface area contributed by atoms with Gasteiger partial charge in [-0.15, -0.1) is 11.3 Å². The Morgan fingerprint density at radius 2 is 2.24 bits per heavy atom. The second-order valence-electron chi connectivity index (χ2n) is 5.74. The molecule has 1 amide bonds. The van der Waals surface area contributed by atoms with E-state index in [9.17, 15) is 4.79 Å². The number of amides is 1.